The van der Waals surface area contributed by atoms with Crippen LogP contribution in [-0.2, 0) is 4.74 Å². The third kappa shape index (κ3) is 5.27. The van der Waals surface area contributed by atoms with E-state index in [0.717, 1.165) is 11.3 Å². The van der Waals surface area contributed by atoms with Crippen molar-refractivity contribution < 1.29 is 19.0 Å². The Hall–Kier alpha value is -2.44. The Morgan fingerprint density at radius 2 is 1.92 bits per heavy atom. The molecule has 7 heteroatoms. The second-order valence-electron chi connectivity index (χ2n) is 5.18. The fourth-order valence-electron chi connectivity index (χ4n) is 2.31. The number of anilines is 1. The lowest BCUT2D eigenvalue weighted by atomic mass is 10.1. The molecule has 134 valence electrons. The Labute approximate surface area is 152 Å². The maximum absolute atomic E-state index is 12.2. The van der Waals surface area contributed by atoms with Crippen molar-refractivity contribution in [2.45, 2.75) is 6.10 Å². The first kappa shape index (κ1) is 18.9. The van der Waals surface area contributed by atoms with Crippen LogP contribution in [0.25, 0.3) is 0 Å². The number of carbonyl (C=O) groups is 1. The largest absolute Gasteiger partial charge is 0.497 e. The Morgan fingerprint density at radius 3 is 2.60 bits per heavy atom. The van der Waals surface area contributed by atoms with Crippen molar-refractivity contribution >= 4 is 23.3 Å². The van der Waals surface area contributed by atoms with E-state index in [2.05, 4.69) is 10.6 Å². The van der Waals surface area contributed by atoms with Crippen LogP contribution in [0.5, 0.6) is 11.5 Å². The lowest BCUT2D eigenvalue weighted by Gasteiger charge is -2.18. The topological polar surface area (TPSA) is 68.8 Å². The van der Waals surface area contributed by atoms with Crippen molar-refractivity contribution in [3.8, 4) is 11.5 Å². The minimum atomic E-state index is -0.384. The highest BCUT2D eigenvalue weighted by molar-refractivity contribution is 6.31. The standard InChI is InChI=1S/C18H21ClN2O4/c1-23-14-6-4-5-12(9-14)17(25-3)11-20-18(22)21-15-10-13(19)7-8-16(15)24-2/h4-10,17H,11H2,1-3H3,(H2,20,21,22). The highest BCUT2D eigenvalue weighted by atomic mass is 35.5. The normalized spacial score (nSPS) is 11.5. The van der Waals surface area contributed by atoms with E-state index in [1.165, 1.54) is 7.11 Å². The van der Waals surface area contributed by atoms with Gasteiger partial charge in [0.25, 0.3) is 0 Å². The lowest BCUT2D eigenvalue weighted by molar-refractivity contribution is 0.104. The number of carbonyl (C=O) groups excluding carboxylic acids is 1. The summed E-state index contributed by atoms with van der Waals surface area (Å²) in [4.78, 5) is 12.2. The Bertz CT molecular complexity index is 724. The molecular weight excluding hydrogens is 344 g/mol. The molecule has 0 saturated carbocycles. The number of hydrogen-bond donors (Lipinski definition) is 2. The van der Waals surface area contributed by atoms with Gasteiger partial charge in [-0.05, 0) is 35.9 Å². The summed E-state index contributed by atoms with van der Waals surface area (Å²) in [6.07, 6.45) is -0.304. The molecule has 0 bridgehead atoms. The first-order valence-electron chi connectivity index (χ1n) is 7.62. The summed E-state index contributed by atoms with van der Waals surface area (Å²) in [7, 11) is 4.71. The second-order valence-corrected chi connectivity index (χ2v) is 5.62. The summed E-state index contributed by atoms with van der Waals surface area (Å²) >= 11 is 5.96. The highest BCUT2D eigenvalue weighted by Crippen LogP contribution is 2.27. The van der Waals surface area contributed by atoms with Gasteiger partial charge in [-0.3, -0.25) is 0 Å². The van der Waals surface area contributed by atoms with E-state index in [1.807, 2.05) is 24.3 Å². The molecule has 1 unspecified atom stereocenters. The number of hydrogen-bond acceptors (Lipinski definition) is 4. The van der Waals surface area contributed by atoms with E-state index in [4.69, 9.17) is 25.8 Å². The summed E-state index contributed by atoms with van der Waals surface area (Å²) in [6, 6.07) is 12.1. The minimum Gasteiger partial charge on any atom is -0.497 e. The van der Waals surface area contributed by atoms with Gasteiger partial charge >= 0.3 is 6.03 Å². The average Bonchev–Trinajstić information content (AvgIpc) is 2.62. The smallest absolute Gasteiger partial charge is 0.319 e. The molecule has 0 spiro atoms. The molecule has 25 heavy (non-hydrogen) atoms. The molecule has 0 radical (unpaired) electrons. The summed E-state index contributed by atoms with van der Waals surface area (Å²) in [6.45, 7) is 0.290. The van der Waals surface area contributed by atoms with Gasteiger partial charge in [0, 0.05) is 18.7 Å². The van der Waals surface area contributed by atoms with Crippen molar-refractivity contribution in [3.63, 3.8) is 0 Å². The second kappa shape index (κ2) is 9.15. The molecule has 0 saturated heterocycles. The zero-order valence-electron chi connectivity index (χ0n) is 14.3. The van der Waals surface area contributed by atoms with E-state index in [0.29, 0.717) is 23.0 Å². The van der Waals surface area contributed by atoms with Gasteiger partial charge in [0.15, 0.2) is 0 Å². The van der Waals surface area contributed by atoms with Gasteiger partial charge in [-0.15, -0.1) is 0 Å². The monoisotopic (exact) mass is 364 g/mol. The number of halogens is 1. The molecular formula is C18H21ClN2O4. The SMILES string of the molecule is COc1cccc(C(CNC(=O)Nc2cc(Cl)ccc2OC)OC)c1. The van der Waals surface area contributed by atoms with Crippen LogP contribution < -0.4 is 20.1 Å². The molecule has 0 aliphatic rings. The number of benzene rings is 2. The van der Waals surface area contributed by atoms with Gasteiger partial charge in [-0.25, -0.2) is 4.79 Å². The van der Waals surface area contributed by atoms with Crippen molar-refractivity contribution in [3.05, 3.63) is 53.1 Å². The van der Waals surface area contributed by atoms with Gasteiger partial charge in [-0.1, -0.05) is 23.7 Å². The Morgan fingerprint density at radius 1 is 1.12 bits per heavy atom. The summed E-state index contributed by atoms with van der Waals surface area (Å²) < 4.78 is 15.9. The van der Waals surface area contributed by atoms with E-state index >= 15 is 0 Å². The van der Waals surface area contributed by atoms with E-state index in [-0.39, 0.29) is 12.1 Å². The van der Waals surface area contributed by atoms with Crippen LogP contribution in [0, 0.1) is 0 Å². The molecule has 0 heterocycles. The molecule has 0 aliphatic carbocycles. The first-order chi connectivity index (χ1) is 12.1. The zero-order chi connectivity index (χ0) is 18.2. The number of nitrogens with one attached hydrogen (secondary N) is 2. The van der Waals surface area contributed by atoms with Crippen molar-refractivity contribution in [1.82, 2.24) is 5.32 Å². The Balaban J connectivity index is 1.99. The summed E-state index contributed by atoms with van der Waals surface area (Å²) in [5.41, 5.74) is 1.39. The number of ether oxygens (including phenoxy) is 3. The molecule has 2 amide bonds. The quantitative estimate of drug-likeness (QED) is 0.782. The molecule has 1 atom stereocenters. The van der Waals surface area contributed by atoms with Gasteiger partial charge in [0.2, 0.25) is 0 Å². The maximum Gasteiger partial charge on any atom is 0.319 e. The number of urea groups is 1. The van der Waals surface area contributed by atoms with Gasteiger partial charge in [-0.2, -0.15) is 0 Å². The fourth-order valence-corrected chi connectivity index (χ4v) is 2.48. The number of methoxy groups -OCH3 is 3. The van der Waals surface area contributed by atoms with Crippen LogP contribution in [0.2, 0.25) is 5.02 Å². The number of rotatable bonds is 7. The molecule has 0 fully saturated rings. The third-order valence-corrected chi connectivity index (χ3v) is 3.84. The van der Waals surface area contributed by atoms with Crippen LogP contribution in [0.1, 0.15) is 11.7 Å². The molecule has 2 aromatic rings. The van der Waals surface area contributed by atoms with Crippen LogP contribution in [0.4, 0.5) is 10.5 Å². The van der Waals surface area contributed by atoms with E-state index < -0.39 is 0 Å². The van der Waals surface area contributed by atoms with Crippen LogP contribution in [-0.4, -0.2) is 33.9 Å². The van der Waals surface area contributed by atoms with Crippen molar-refractivity contribution in [2.24, 2.45) is 0 Å². The van der Waals surface area contributed by atoms with Gasteiger partial charge in [0.1, 0.15) is 11.5 Å². The maximum atomic E-state index is 12.2. The van der Waals surface area contributed by atoms with E-state index in [1.54, 1.807) is 32.4 Å². The van der Waals surface area contributed by atoms with Crippen LogP contribution in [0.3, 0.4) is 0 Å². The highest BCUT2D eigenvalue weighted by Gasteiger charge is 2.14. The lowest BCUT2D eigenvalue weighted by Crippen LogP contribution is -2.33. The first-order valence-corrected chi connectivity index (χ1v) is 8.00. The van der Waals surface area contributed by atoms with Crippen molar-refractivity contribution in [2.75, 3.05) is 33.2 Å². The predicted molar refractivity (Wildman–Crippen MR) is 97.8 cm³/mol. The van der Waals surface area contributed by atoms with Gasteiger partial charge in [0.05, 0.1) is 26.0 Å². The Kier molecular flexibility index (Phi) is 6.91. The zero-order valence-corrected chi connectivity index (χ0v) is 15.1. The number of amides is 2. The molecule has 0 aromatic heterocycles. The van der Waals surface area contributed by atoms with Crippen molar-refractivity contribution in [1.29, 1.82) is 0 Å². The van der Waals surface area contributed by atoms with Crippen LogP contribution >= 0.6 is 11.6 Å². The average molecular weight is 365 g/mol. The molecule has 6 nitrogen and oxygen atoms in total. The molecule has 2 aromatic carbocycles. The van der Waals surface area contributed by atoms with E-state index in [9.17, 15) is 4.79 Å². The van der Waals surface area contributed by atoms with Crippen LogP contribution in [0.15, 0.2) is 42.5 Å². The molecule has 2 rings (SSSR count). The molecule has 0 aliphatic heterocycles. The summed E-state index contributed by atoms with van der Waals surface area (Å²) in [5, 5.41) is 5.99. The fraction of sp³-hybridized carbons (Fsp3) is 0.278. The van der Waals surface area contributed by atoms with Gasteiger partial charge < -0.3 is 24.8 Å². The summed E-state index contributed by atoms with van der Waals surface area (Å²) in [5.74, 6) is 1.25. The molecule has 2 N–H and O–H groups in total. The predicted octanol–water partition coefficient (Wildman–Crippen LogP) is 3.87. The third-order valence-electron chi connectivity index (χ3n) is 3.61. The minimum absolute atomic E-state index is 0.290.